The highest BCUT2D eigenvalue weighted by Gasteiger charge is 2.26. The van der Waals surface area contributed by atoms with E-state index in [1.807, 2.05) is 0 Å². The molecule has 1 aliphatic heterocycles. The molecule has 1 rings (SSSR count). The van der Waals surface area contributed by atoms with Gasteiger partial charge in [0.2, 0.25) is 0 Å². The highest BCUT2D eigenvalue weighted by atomic mass is 16.5. The summed E-state index contributed by atoms with van der Waals surface area (Å²) >= 11 is 0. The molecule has 0 aliphatic carbocycles. The molecular weight excluding hydrogens is 210 g/mol. The van der Waals surface area contributed by atoms with Gasteiger partial charge in [-0.25, -0.2) is 0 Å². The molecule has 2 heteroatoms. The van der Waals surface area contributed by atoms with Gasteiger partial charge < -0.3 is 10.1 Å². The van der Waals surface area contributed by atoms with Crippen molar-refractivity contribution < 1.29 is 4.74 Å². The molecule has 0 aromatic rings. The highest BCUT2D eigenvalue weighted by Crippen LogP contribution is 2.25. The van der Waals surface area contributed by atoms with Gasteiger partial charge in [0, 0.05) is 12.6 Å². The van der Waals surface area contributed by atoms with Crippen molar-refractivity contribution in [2.45, 2.75) is 66.5 Å². The predicted molar refractivity (Wildman–Crippen MR) is 74.2 cm³/mol. The summed E-state index contributed by atoms with van der Waals surface area (Å²) in [6, 6.07) is 0.654. The topological polar surface area (TPSA) is 21.3 Å². The zero-order valence-corrected chi connectivity index (χ0v) is 12.5. The maximum absolute atomic E-state index is 5.80. The summed E-state index contributed by atoms with van der Waals surface area (Å²) in [7, 11) is 0. The maximum atomic E-state index is 5.80. The molecule has 102 valence electrons. The number of hydrogen-bond donors (Lipinski definition) is 1. The minimum atomic E-state index is 0.398. The molecule has 0 spiro atoms. The first kappa shape index (κ1) is 15.0. The summed E-state index contributed by atoms with van der Waals surface area (Å²) in [5.41, 5.74) is 0.398. The van der Waals surface area contributed by atoms with Crippen molar-refractivity contribution in [3.8, 4) is 0 Å². The third-order valence-electron chi connectivity index (χ3n) is 4.25. The van der Waals surface area contributed by atoms with Gasteiger partial charge in [0.05, 0.1) is 6.10 Å². The SMILES string of the molecule is CC(C)C1CC(NCC(C)C(C)(C)C)CCO1. The van der Waals surface area contributed by atoms with Crippen LogP contribution in [-0.2, 0) is 4.74 Å². The highest BCUT2D eigenvalue weighted by molar-refractivity contribution is 4.81. The Morgan fingerprint density at radius 3 is 2.41 bits per heavy atom. The molecule has 1 N–H and O–H groups in total. The molecule has 0 amide bonds. The minimum absolute atomic E-state index is 0.398. The fourth-order valence-electron chi connectivity index (χ4n) is 2.13. The van der Waals surface area contributed by atoms with E-state index in [9.17, 15) is 0 Å². The van der Waals surface area contributed by atoms with Crippen molar-refractivity contribution in [3.05, 3.63) is 0 Å². The van der Waals surface area contributed by atoms with Crippen LogP contribution in [0.15, 0.2) is 0 Å². The van der Waals surface area contributed by atoms with Crippen LogP contribution in [0.3, 0.4) is 0 Å². The summed E-state index contributed by atoms with van der Waals surface area (Å²) in [6.07, 6.45) is 2.79. The number of hydrogen-bond acceptors (Lipinski definition) is 2. The molecule has 3 unspecified atom stereocenters. The minimum Gasteiger partial charge on any atom is -0.378 e. The zero-order valence-electron chi connectivity index (χ0n) is 12.5. The lowest BCUT2D eigenvalue weighted by Crippen LogP contribution is -2.43. The van der Waals surface area contributed by atoms with E-state index < -0.39 is 0 Å². The summed E-state index contributed by atoms with van der Waals surface area (Å²) in [4.78, 5) is 0. The molecule has 0 saturated carbocycles. The van der Waals surface area contributed by atoms with Crippen molar-refractivity contribution in [2.75, 3.05) is 13.2 Å². The molecule has 0 bridgehead atoms. The molecule has 3 atom stereocenters. The van der Waals surface area contributed by atoms with Gasteiger partial charge in [0.15, 0.2) is 0 Å². The molecule has 2 nitrogen and oxygen atoms in total. The van der Waals surface area contributed by atoms with Gasteiger partial charge in [-0.3, -0.25) is 0 Å². The van der Waals surface area contributed by atoms with Crippen LogP contribution in [0, 0.1) is 17.3 Å². The van der Waals surface area contributed by atoms with Crippen LogP contribution < -0.4 is 5.32 Å². The first-order valence-corrected chi connectivity index (χ1v) is 7.15. The smallest absolute Gasteiger partial charge is 0.0612 e. The zero-order chi connectivity index (χ0) is 13.1. The van der Waals surface area contributed by atoms with Gasteiger partial charge in [-0.2, -0.15) is 0 Å². The average molecular weight is 241 g/mol. The van der Waals surface area contributed by atoms with Crippen LogP contribution in [0.4, 0.5) is 0 Å². The van der Waals surface area contributed by atoms with Crippen molar-refractivity contribution in [1.82, 2.24) is 5.32 Å². The molecule has 1 saturated heterocycles. The molecule has 0 aromatic heterocycles. The molecular formula is C15H31NO. The Kier molecular flexibility index (Phi) is 5.46. The van der Waals surface area contributed by atoms with Gasteiger partial charge >= 0.3 is 0 Å². The molecule has 0 aromatic carbocycles. The van der Waals surface area contributed by atoms with Crippen molar-refractivity contribution >= 4 is 0 Å². The van der Waals surface area contributed by atoms with Crippen LogP contribution in [-0.4, -0.2) is 25.3 Å². The lowest BCUT2D eigenvalue weighted by molar-refractivity contribution is -0.0252. The first-order chi connectivity index (χ1) is 7.80. The van der Waals surface area contributed by atoms with E-state index in [1.165, 1.54) is 12.8 Å². The third-order valence-corrected chi connectivity index (χ3v) is 4.25. The van der Waals surface area contributed by atoms with E-state index in [2.05, 4.69) is 46.9 Å². The Morgan fingerprint density at radius 2 is 1.88 bits per heavy atom. The lowest BCUT2D eigenvalue weighted by Gasteiger charge is -2.35. The van der Waals surface area contributed by atoms with Crippen LogP contribution in [0.1, 0.15) is 54.4 Å². The van der Waals surface area contributed by atoms with Crippen molar-refractivity contribution in [1.29, 1.82) is 0 Å². The summed E-state index contributed by atoms with van der Waals surface area (Å²) in [5.74, 6) is 1.35. The van der Waals surface area contributed by atoms with Gasteiger partial charge in [0.25, 0.3) is 0 Å². The standard InChI is InChI=1S/C15H31NO/c1-11(2)14-9-13(7-8-17-14)16-10-12(3)15(4,5)6/h11-14,16H,7-10H2,1-6H3. The van der Waals surface area contributed by atoms with Gasteiger partial charge in [0.1, 0.15) is 0 Å². The van der Waals surface area contributed by atoms with E-state index >= 15 is 0 Å². The number of ether oxygens (including phenoxy) is 1. The monoisotopic (exact) mass is 241 g/mol. The summed E-state index contributed by atoms with van der Waals surface area (Å²) in [6.45, 7) is 15.9. The Balaban J connectivity index is 2.32. The lowest BCUT2D eigenvalue weighted by atomic mass is 9.82. The van der Waals surface area contributed by atoms with Crippen LogP contribution >= 0.6 is 0 Å². The predicted octanol–water partition coefficient (Wildman–Crippen LogP) is 3.46. The third kappa shape index (κ3) is 4.97. The molecule has 17 heavy (non-hydrogen) atoms. The summed E-state index contributed by atoms with van der Waals surface area (Å²) < 4.78 is 5.80. The molecule has 1 fully saturated rings. The number of nitrogens with one attached hydrogen (secondary N) is 1. The van der Waals surface area contributed by atoms with E-state index in [4.69, 9.17) is 4.74 Å². The van der Waals surface area contributed by atoms with Gasteiger partial charge in [-0.15, -0.1) is 0 Å². The van der Waals surface area contributed by atoms with E-state index in [0.29, 0.717) is 29.4 Å². The van der Waals surface area contributed by atoms with Crippen LogP contribution in [0.2, 0.25) is 0 Å². The first-order valence-electron chi connectivity index (χ1n) is 7.15. The largest absolute Gasteiger partial charge is 0.378 e. The average Bonchev–Trinajstić information content (AvgIpc) is 2.25. The van der Waals surface area contributed by atoms with E-state index in [-0.39, 0.29) is 0 Å². The Morgan fingerprint density at radius 1 is 1.24 bits per heavy atom. The number of rotatable bonds is 4. The van der Waals surface area contributed by atoms with Gasteiger partial charge in [-0.1, -0.05) is 41.5 Å². The van der Waals surface area contributed by atoms with Gasteiger partial charge in [-0.05, 0) is 36.6 Å². The van der Waals surface area contributed by atoms with Crippen molar-refractivity contribution in [2.24, 2.45) is 17.3 Å². The fraction of sp³-hybridized carbons (Fsp3) is 1.00. The quantitative estimate of drug-likeness (QED) is 0.814. The Labute approximate surface area is 108 Å². The molecule has 1 aliphatic rings. The maximum Gasteiger partial charge on any atom is 0.0612 e. The fourth-order valence-corrected chi connectivity index (χ4v) is 2.13. The van der Waals surface area contributed by atoms with Crippen molar-refractivity contribution in [3.63, 3.8) is 0 Å². The molecule has 1 heterocycles. The second-order valence-electron chi connectivity index (χ2n) is 7.05. The van der Waals surface area contributed by atoms with E-state index in [0.717, 1.165) is 13.2 Å². The van der Waals surface area contributed by atoms with Crippen LogP contribution in [0.25, 0.3) is 0 Å². The Hall–Kier alpha value is -0.0800. The van der Waals surface area contributed by atoms with Crippen LogP contribution in [0.5, 0.6) is 0 Å². The molecule has 0 radical (unpaired) electrons. The normalized spacial score (nSPS) is 28.4. The summed E-state index contributed by atoms with van der Waals surface area (Å²) in [5, 5.41) is 3.73. The second-order valence-corrected chi connectivity index (χ2v) is 7.05. The van der Waals surface area contributed by atoms with E-state index in [1.54, 1.807) is 0 Å². The Bertz CT molecular complexity index is 219. The second kappa shape index (κ2) is 6.19.